The number of halogens is 2. The molecule has 0 spiro atoms. The zero-order valence-corrected chi connectivity index (χ0v) is 10.4. The van der Waals surface area contributed by atoms with Crippen LogP contribution in [0.25, 0.3) is 0 Å². The van der Waals surface area contributed by atoms with Gasteiger partial charge in [0.25, 0.3) is 0 Å². The first-order chi connectivity index (χ1) is 6.60. The number of phenols is 1. The van der Waals surface area contributed by atoms with Crippen LogP contribution in [0.4, 0.5) is 0 Å². The third-order valence-electron chi connectivity index (χ3n) is 1.75. The van der Waals surface area contributed by atoms with Crippen LogP contribution in [0.2, 0.25) is 0 Å². The van der Waals surface area contributed by atoms with Gasteiger partial charge in [0, 0.05) is 10.0 Å². The highest BCUT2D eigenvalue weighted by Gasteiger charge is 2.12. The van der Waals surface area contributed by atoms with Gasteiger partial charge in [-0.05, 0) is 28.1 Å². The summed E-state index contributed by atoms with van der Waals surface area (Å²) in [5.74, 6) is 0.0214. The quantitative estimate of drug-likeness (QED) is 0.833. The highest BCUT2D eigenvalue weighted by molar-refractivity contribution is 9.10. The second kappa shape index (κ2) is 5.95. The number of benzene rings is 1. The van der Waals surface area contributed by atoms with Crippen LogP contribution >= 0.6 is 28.3 Å². The molecular weight excluding hydrogens is 285 g/mol. The Balaban J connectivity index is 0.00000196. The first-order valence-corrected chi connectivity index (χ1v) is 4.69. The summed E-state index contributed by atoms with van der Waals surface area (Å²) in [5, 5.41) is 9.37. The minimum absolute atomic E-state index is 0. The maximum Gasteiger partial charge on any atom is 0.177 e. The van der Waals surface area contributed by atoms with Gasteiger partial charge in [0.05, 0.1) is 13.7 Å². The number of hydrogen-bond donors (Lipinski definition) is 2. The Labute approximate surface area is 102 Å². The van der Waals surface area contributed by atoms with E-state index in [1.807, 2.05) is 0 Å². The van der Waals surface area contributed by atoms with Gasteiger partial charge in [-0.25, -0.2) is 0 Å². The highest BCUT2D eigenvalue weighted by atomic mass is 79.9. The van der Waals surface area contributed by atoms with E-state index in [0.29, 0.717) is 10.0 Å². The first kappa shape index (κ1) is 14.2. The first-order valence-electron chi connectivity index (χ1n) is 3.90. The van der Waals surface area contributed by atoms with Crippen molar-refractivity contribution in [3.05, 3.63) is 22.2 Å². The molecule has 15 heavy (non-hydrogen) atoms. The minimum atomic E-state index is -0.213. The number of carbonyl (C=O) groups excluding carboxylic acids is 1. The number of ketones is 1. The maximum absolute atomic E-state index is 11.3. The molecule has 0 atom stereocenters. The number of nitrogens with two attached hydrogens (primary N) is 1. The zero-order valence-electron chi connectivity index (χ0n) is 7.99. The maximum atomic E-state index is 11.3. The molecule has 1 aromatic rings. The van der Waals surface area contributed by atoms with E-state index < -0.39 is 0 Å². The van der Waals surface area contributed by atoms with Crippen molar-refractivity contribution in [3.63, 3.8) is 0 Å². The fourth-order valence-corrected chi connectivity index (χ4v) is 1.58. The number of hydrogen-bond acceptors (Lipinski definition) is 4. The Morgan fingerprint density at radius 1 is 1.60 bits per heavy atom. The van der Waals surface area contributed by atoms with Crippen LogP contribution in [0.15, 0.2) is 16.6 Å². The Morgan fingerprint density at radius 2 is 2.20 bits per heavy atom. The summed E-state index contributed by atoms with van der Waals surface area (Å²) in [6.07, 6.45) is 0. The van der Waals surface area contributed by atoms with Crippen LogP contribution in [0.3, 0.4) is 0 Å². The summed E-state index contributed by atoms with van der Waals surface area (Å²) in [7, 11) is 1.42. The Morgan fingerprint density at radius 3 is 2.67 bits per heavy atom. The van der Waals surface area contributed by atoms with Crippen molar-refractivity contribution >= 4 is 34.1 Å². The van der Waals surface area contributed by atoms with Crippen LogP contribution in [0.1, 0.15) is 10.4 Å². The Hall–Kier alpha value is -0.780. The average Bonchev–Trinajstić information content (AvgIpc) is 2.17. The van der Waals surface area contributed by atoms with Crippen LogP contribution < -0.4 is 10.5 Å². The standard InChI is InChI=1S/C9H10BrNO3.ClH/c1-14-9-2-5(8(13)4-11)6(10)3-7(9)12;/h2-3,12H,4,11H2,1H3;1H. The third-order valence-corrected chi connectivity index (χ3v) is 2.41. The van der Waals surface area contributed by atoms with Gasteiger partial charge in [-0.2, -0.15) is 0 Å². The largest absolute Gasteiger partial charge is 0.504 e. The molecule has 0 amide bonds. The van der Waals surface area contributed by atoms with Gasteiger partial charge in [-0.1, -0.05) is 0 Å². The van der Waals surface area contributed by atoms with Gasteiger partial charge in [-0.3, -0.25) is 4.79 Å². The van der Waals surface area contributed by atoms with Crippen molar-refractivity contribution in [2.45, 2.75) is 0 Å². The van der Waals surface area contributed by atoms with E-state index in [2.05, 4.69) is 15.9 Å². The molecule has 1 aromatic carbocycles. The molecule has 0 aliphatic rings. The minimum Gasteiger partial charge on any atom is -0.504 e. The average molecular weight is 297 g/mol. The summed E-state index contributed by atoms with van der Waals surface area (Å²) in [6.45, 7) is -0.0769. The number of Topliss-reactive ketones (excluding diaryl/α,β-unsaturated/α-hetero) is 1. The molecule has 0 fully saturated rings. The van der Waals surface area contributed by atoms with Gasteiger partial charge in [0.15, 0.2) is 17.3 Å². The number of ether oxygens (including phenoxy) is 1. The molecule has 0 saturated heterocycles. The molecule has 3 N–H and O–H groups in total. The summed E-state index contributed by atoms with van der Waals surface area (Å²) in [5.41, 5.74) is 5.63. The monoisotopic (exact) mass is 295 g/mol. The van der Waals surface area contributed by atoms with E-state index in [1.54, 1.807) is 0 Å². The van der Waals surface area contributed by atoms with E-state index in [9.17, 15) is 9.90 Å². The molecule has 0 aliphatic heterocycles. The van der Waals surface area contributed by atoms with E-state index in [0.717, 1.165) is 0 Å². The lowest BCUT2D eigenvalue weighted by Gasteiger charge is -2.07. The zero-order chi connectivity index (χ0) is 10.7. The molecule has 0 bridgehead atoms. The molecule has 0 heterocycles. The molecule has 0 radical (unpaired) electrons. The lowest BCUT2D eigenvalue weighted by atomic mass is 10.1. The number of carbonyl (C=O) groups is 1. The van der Waals surface area contributed by atoms with Crippen molar-refractivity contribution in [1.82, 2.24) is 0 Å². The molecule has 0 saturated carbocycles. The third kappa shape index (κ3) is 3.09. The number of aromatic hydroxyl groups is 1. The fourth-order valence-electron chi connectivity index (χ4n) is 1.03. The fraction of sp³-hybridized carbons (Fsp3) is 0.222. The Kier molecular flexibility index (Phi) is 5.64. The molecule has 4 nitrogen and oxygen atoms in total. The lowest BCUT2D eigenvalue weighted by molar-refractivity contribution is 0.100. The highest BCUT2D eigenvalue weighted by Crippen LogP contribution is 2.32. The topological polar surface area (TPSA) is 72.5 Å². The van der Waals surface area contributed by atoms with Gasteiger partial charge in [0.1, 0.15) is 0 Å². The van der Waals surface area contributed by atoms with E-state index >= 15 is 0 Å². The predicted octanol–water partition coefficient (Wildman–Crippen LogP) is 1.73. The second-order valence-electron chi connectivity index (χ2n) is 2.63. The second-order valence-corrected chi connectivity index (χ2v) is 3.49. The van der Waals surface area contributed by atoms with Crippen molar-refractivity contribution in [3.8, 4) is 11.5 Å². The normalized spacial score (nSPS) is 9.27. The molecule has 0 unspecified atom stereocenters. The summed E-state index contributed by atoms with van der Waals surface area (Å²) in [4.78, 5) is 11.3. The van der Waals surface area contributed by atoms with Crippen LogP contribution in [-0.2, 0) is 0 Å². The molecule has 0 aliphatic carbocycles. The number of methoxy groups -OCH3 is 1. The van der Waals surface area contributed by atoms with Gasteiger partial charge < -0.3 is 15.6 Å². The van der Waals surface area contributed by atoms with Crippen molar-refractivity contribution in [2.24, 2.45) is 5.73 Å². The molecular formula is C9H11BrClNO3. The van der Waals surface area contributed by atoms with Gasteiger partial charge >= 0.3 is 0 Å². The summed E-state index contributed by atoms with van der Waals surface area (Å²) < 4.78 is 5.38. The van der Waals surface area contributed by atoms with Crippen LogP contribution in [0, 0.1) is 0 Å². The number of rotatable bonds is 3. The smallest absolute Gasteiger partial charge is 0.177 e. The van der Waals surface area contributed by atoms with Crippen LogP contribution in [0.5, 0.6) is 11.5 Å². The SMILES string of the molecule is COc1cc(C(=O)CN)c(Br)cc1O.Cl. The van der Waals surface area contributed by atoms with Crippen LogP contribution in [-0.4, -0.2) is 24.5 Å². The lowest BCUT2D eigenvalue weighted by Crippen LogP contribution is -2.14. The number of phenolic OH excluding ortho intramolecular Hbond substituents is 1. The van der Waals surface area contributed by atoms with Crippen molar-refractivity contribution in [1.29, 1.82) is 0 Å². The molecule has 1 rings (SSSR count). The van der Waals surface area contributed by atoms with E-state index in [4.69, 9.17) is 10.5 Å². The van der Waals surface area contributed by atoms with Crippen molar-refractivity contribution < 1.29 is 14.6 Å². The molecule has 6 heteroatoms. The predicted molar refractivity (Wildman–Crippen MR) is 63.0 cm³/mol. The van der Waals surface area contributed by atoms with Crippen molar-refractivity contribution in [2.75, 3.05) is 13.7 Å². The van der Waals surface area contributed by atoms with Gasteiger partial charge in [-0.15, -0.1) is 12.4 Å². The molecule has 84 valence electrons. The summed E-state index contributed by atoms with van der Waals surface area (Å²) >= 11 is 3.16. The molecule has 0 aromatic heterocycles. The van der Waals surface area contributed by atoms with E-state index in [-0.39, 0.29) is 36.2 Å². The summed E-state index contributed by atoms with van der Waals surface area (Å²) in [6, 6.07) is 2.86. The van der Waals surface area contributed by atoms with Gasteiger partial charge in [0.2, 0.25) is 0 Å². The van der Waals surface area contributed by atoms with E-state index in [1.165, 1.54) is 19.2 Å². The Bertz CT molecular complexity index is 371.